The number of carboxylic acids is 1. The summed E-state index contributed by atoms with van der Waals surface area (Å²) in [5.41, 5.74) is 0.498. The van der Waals surface area contributed by atoms with E-state index < -0.39 is 22.5 Å². The number of amides is 1. The third-order valence-corrected chi connectivity index (χ3v) is 5.89. The van der Waals surface area contributed by atoms with Crippen LogP contribution in [0.1, 0.15) is 22.8 Å². The summed E-state index contributed by atoms with van der Waals surface area (Å²) < 4.78 is 15.5. The highest BCUT2D eigenvalue weighted by atomic mass is 32.2. The van der Waals surface area contributed by atoms with Gasteiger partial charge in [-0.3, -0.25) is 9.59 Å². The zero-order valence-corrected chi connectivity index (χ0v) is 17.2. The molecule has 0 spiro atoms. The molecule has 2 atom stereocenters. The topological polar surface area (TPSA) is 95.5 Å². The van der Waals surface area contributed by atoms with Gasteiger partial charge in [0.2, 0.25) is 0 Å². The van der Waals surface area contributed by atoms with Crippen molar-refractivity contribution >= 4 is 28.5 Å². The molecule has 0 aromatic heterocycles. The number of carbonyl (C=O) groups is 2. The number of benzene rings is 3. The SMILES string of the molecule is C[C@@](Cc1ccccc1)(NS(=O)c1ccc(NC(=O)c2ccccc2)cc1)C(=O)O. The van der Waals surface area contributed by atoms with Crippen LogP contribution in [0.5, 0.6) is 0 Å². The normalized spacial score (nSPS) is 13.8. The number of nitrogens with one attached hydrogen (secondary N) is 2. The number of hydrogen-bond donors (Lipinski definition) is 3. The maximum absolute atomic E-state index is 12.8. The molecule has 0 saturated carbocycles. The number of carboxylic acid groups (broad SMARTS) is 1. The second-order valence-corrected chi connectivity index (χ2v) is 8.23. The number of anilines is 1. The summed E-state index contributed by atoms with van der Waals surface area (Å²) in [6.07, 6.45) is 0.181. The van der Waals surface area contributed by atoms with E-state index >= 15 is 0 Å². The standard InChI is InChI=1S/C23H22N2O4S/c1-23(22(27)28,16-17-8-4-2-5-9-17)25-30(29)20-14-12-19(13-15-20)24-21(26)18-10-6-3-7-11-18/h2-15,25H,16H2,1H3,(H,24,26)(H,27,28)/t23-,30?/m0/s1. The van der Waals surface area contributed by atoms with Crippen LogP contribution < -0.4 is 10.0 Å². The molecule has 3 aromatic rings. The monoisotopic (exact) mass is 422 g/mol. The van der Waals surface area contributed by atoms with Gasteiger partial charge in [0.1, 0.15) is 16.5 Å². The predicted octanol–water partition coefficient (Wildman–Crippen LogP) is 3.64. The van der Waals surface area contributed by atoms with E-state index in [1.54, 1.807) is 48.5 Å². The smallest absolute Gasteiger partial charge is 0.324 e. The Balaban J connectivity index is 1.68. The first-order chi connectivity index (χ1) is 14.4. The van der Waals surface area contributed by atoms with Crippen LogP contribution in [0.2, 0.25) is 0 Å². The van der Waals surface area contributed by atoms with Crippen LogP contribution in [0.15, 0.2) is 89.8 Å². The van der Waals surface area contributed by atoms with E-state index in [0.29, 0.717) is 16.1 Å². The van der Waals surface area contributed by atoms with Crippen molar-refractivity contribution in [2.75, 3.05) is 5.32 Å². The summed E-state index contributed by atoms with van der Waals surface area (Å²) in [5, 5.41) is 12.5. The molecule has 3 aromatic carbocycles. The minimum absolute atomic E-state index is 0.181. The van der Waals surface area contributed by atoms with E-state index in [1.165, 1.54) is 6.92 Å². The van der Waals surface area contributed by atoms with Crippen molar-refractivity contribution in [3.63, 3.8) is 0 Å². The summed E-state index contributed by atoms with van der Waals surface area (Å²) in [5.74, 6) is -1.34. The first kappa shape index (κ1) is 21.4. The van der Waals surface area contributed by atoms with Crippen molar-refractivity contribution in [2.45, 2.75) is 23.8 Å². The van der Waals surface area contributed by atoms with Gasteiger partial charge in [-0.1, -0.05) is 48.5 Å². The van der Waals surface area contributed by atoms with Crippen LogP contribution in [-0.2, 0) is 22.2 Å². The lowest BCUT2D eigenvalue weighted by Gasteiger charge is -2.25. The molecule has 3 N–H and O–H groups in total. The van der Waals surface area contributed by atoms with Gasteiger partial charge in [-0.2, -0.15) is 0 Å². The molecular weight excluding hydrogens is 400 g/mol. The van der Waals surface area contributed by atoms with E-state index in [4.69, 9.17) is 0 Å². The van der Waals surface area contributed by atoms with Gasteiger partial charge in [0.05, 0.1) is 4.90 Å². The second kappa shape index (κ2) is 9.47. The van der Waals surface area contributed by atoms with Gasteiger partial charge in [0, 0.05) is 17.7 Å². The first-order valence-electron chi connectivity index (χ1n) is 9.31. The molecule has 0 aliphatic heterocycles. The lowest BCUT2D eigenvalue weighted by molar-refractivity contribution is -0.143. The first-order valence-corrected chi connectivity index (χ1v) is 10.5. The maximum atomic E-state index is 12.8. The van der Waals surface area contributed by atoms with Crippen LogP contribution in [0.3, 0.4) is 0 Å². The molecule has 0 fully saturated rings. The van der Waals surface area contributed by atoms with Gasteiger partial charge in [0.15, 0.2) is 0 Å². The summed E-state index contributed by atoms with van der Waals surface area (Å²) >= 11 is 0. The number of hydrogen-bond acceptors (Lipinski definition) is 3. The van der Waals surface area contributed by atoms with Crippen LogP contribution >= 0.6 is 0 Å². The van der Waals surface area contributed by atoms with Crippen molar-refractivity contribution < 1.29 is 18.9 Å². The molecular formula is C23H22N2O4S. The molecule has 0 aliphatic carbocycles. The van der Waals surface area contributed by atoms with Crippen LogP contribution in [0, 0.1) is 0 Å². The molecule has 1 amide bonds. The van der Waals surface area contributed by atoms with E-state index in [2.05, 4.69) is 10.0 Å². The van der Waals surface area contributed by atoms with E-state index in [9.17, 15) is 18.9 Å². The summed E-state index contributed by atoms with van der Waals surface area (Å²) in [7, 11) is -1.75. The highest BCUT2D eigenvalue weighted by Gasteiger charge is 2.35. The van der Waals surface area contributed by atoms with Gasteiger partial charge in [-0.15, -0.1) is 0 Å². The molecule has 3 rings (SSSR count). The maximum Gasteiger partial charge on any atom is 0.324 e. The Kier molecular flexibility index (Phi) is 6.76. The van der Waals surface area contributed by atoms with Crippen molar-refractivity contribution in [3.05, 3.63) is 96.1 Å². The Morgan fingerprint density at radius 3 is 2.03 bits per heavy atom. The highest BCUT2D eigenvalue weighted by Crippen LogP contribution is 2.18. The molecule has 30 heavy (non-hydrogen) atoms. The van der Waals surface area contributed by atoms with Crippen molar-refractivity contribution in [2.24, 2.45) is 0 Å². The number of aliphatic carboxylic acids is 1. The third-order valence-electron chi connectivity index (χ3n) is 4.55. The van der Waals surface area contributed by atoms with E-state index in [1.807, 2.05) is 36.4 Å². The molecule has 154 valence electrons. The Morgan fingerprint density at radius 1 is 0.900 bits per heavy atom. The summed E-state index contributed by atoms with van der Waals surface area (Å²) in [6.45, 7) is 1.51. The van der Waals surface area contributed by atoms with Gasteiger partial charge < -0.3 is 10.4 Å². The van der Waals surface area contributed by atoms with E-state index in [-0.39, 0.29) is 12.3 Å². The molecule has 1 unspecified atom stereocenters. The zero-order chi connectivity index (χ0) is 21.6. The van der Waals surface area contributed by atoms with Gasteiger partial charge in [0.25, 0.3) is 5.91 Å². The summed E-state index contributed by atoms with van der Waals surface area (Å²) in [6, 6.07) is 24.4. The van der Waals surface area contributed by atoms with Crippen molar-refractivity contribution in [1.29, 1.82) is 0 Å². The average Bonchev–Trinajstić information content (AvgIpc) is 2.75. The quantitative estimate of drug-likeness (QED) is 0.516. The Morgan fingerprint density at radius 2 is 1.47 bits per heavy atom. The molecule has 0 heterocycles. The van der Waals surface area contributed by atoms with Crippen molar-refractivity contribution in [1.82, 2.24) is 4.72 Å². The zero-order valence-electron chi connectivity index (χ0n) is 16.4. The average molecular weight is 423 g/mol. The molecule has 0 radical (unpaired) electrons. The number of carbonyl (C=O) groups excluding carboxylic acids is 1. The molecule has 0 saturated heterocycles. The Labute approximate surface area is 177 Å². The molecule has 6 nitrogen and oxygen atoms in total. The van der Waals surface area contributed by atoms with Crippen LogP contribution in [0.25, 0.3) is 0 Å². The summed E-state index contributed by atoms with van der Waals surface area (Å²) in [4.78, 5) is 24.5. The largest absolute Gasteiger partial charge is 0.480 e. The van der Waals surface area contributed by atoms with Gasteiger partial charge in [-0.05, 0) is 48.9 Å². The van der Waals surface area contributed by atoms with Gasteiger partial charge >= 0.3 is 5.97 Å². The fourth-order valence-electron chi connectivity index (χ4n) is 2.88. The van der Waals surface area contributed by atoms with Crippen molar-refractivity contribution in [3.8, 4) is 0 Å². The molecule has 0 bridgehead atoms. The fourth-order valence-corrected chi connectivity index (χ4v) is 3.95. The van der Waals surface area contributed by atoms with E-state index in [0.717, 1.165) is 5.56 Å². The van der Waals surface area contributed by atoms with Gasteiger partial charge in [-0.25, -0.2) is 8.93 Å². The number of rotatable bonds is 8. The van der Waals surface area contributed by atoms with Crippen LogP contribution in [-0.4, -0.2) is 26.7 Å². The molecule has 0 aliphatic rings. The molecule has 7 heteroatoms. The highest BCUT2D eigenvalue weighted by molar-refractivity contribution is 7.83. The minimum Gasteiger partial charge on any atom is -0.480 e. The lowest BCUT2D eigenvalue weighted by Crippen LogP contribution is -2.51. The minimum atomic E-state index is -1.75. The van der Waals surface area contributed by atoms with Crippen LogP contribution in [0.4, 0.5) is 5.69 Å². The predicted molar refractivity (Wildman–Crippen MR) is 117 cm³/mol. The lowest BCUT2D eigenvalue weighted by atomic mass is 9.94. The second-order valence-electron chi connectivity index (χ2n) is 7.01. The fraction of sp³-hybridized carbons (Fsp3) is 0.130. The Bertz CT molecular complexity index is 1040. The Hall–Kier alpha value is -3.29. The third kappa shape index (κ3) is 5.40.